The van der Waals surface area contributed by atoms with Gasteiger partial charge in [0.25, 0.3) is 10.0 Å². The van der Waals surface area contributed by atoms with Gasteiger partial charge in [-0.05, 0) is 31.5 Å². The summed E-state index contributed by atoms with van der Waals surface area (Å²) in [4.78, 5) is -0.0145. The van der Waals surface area contributed by atoms with Gasteiger partial charge in [-0.2, -0.15) is 5.10 Å². The molecule has 0 bridgehead atoms. The molecular formula is C12H15ClN4O2S. The Morgan fingerprint density at radius 1 is 1.35 bits per heavy atom. The minimum absolute atomic E-state index is 0.0145. The van der Waals surface area contributed by atoms with Crippen molar-refractivity contribution < 1.29 is 8.42 Å². The van der Waals surface area contributed by atoms with Crippen LogP contribution in [0.2, 0.25) is 5.02 Å². The average Bonchev–Trinajstić information content (AvgIpc) is 2.59. The molecule has 0 aliphatic carbocycles. The van der Waals surface area contributed by atoms with Gasteiger partial charge < -0.3 is 5.73 Å². The van der Waals surface area contributed by atoms with Crippen molar-refractivity contribution in [3.05, 3.63) is 34.5 Å². The number of halogens is 1. The number of anilines is 2. The quantitative estimate of drug-likeness (QED) is 0.907. The number of nitrogens with two attached hydrogens (primary N) is 1. The Kier molecular flexibility index (Phi) is 3.66. The number of hydrogen-bond donors (Lipinski definition) is 2. The Balaban J connectivity index is 2.49. The lowest BCUT2D eigenvalue weighted by Crippen LogP contribution is -2.16. The summed E-state index contributed by atoms with van der Waals surface area (Å²) in [6.07, 6.45) is 0. The first-order valence-corrected chi connectivity index (χ1v) is 7.67. The van der Waals surface area contributed by atoms with Crippen molar-refractivity contribution in [1.82, 2.24) is 9.78 Å². The van der Waals surface area contributed by atoms with Crippen molar-refractivity contribution in [2.45, 2.75) is 18.7 Å². The van der Waals surface area contributed by atoms with Gasteiger partial charge in [0.2, 0.25) is 0 Å². The molecule has 0 amide bonds. The van der Waals surface area contributed by atoms with Crippen molar-refractivity contribution in [3.63, 3.8) is 0 Å². The van der Waals surface area contributed by atoms with E-state index in [2.05, 4.69) is 9.82 Å². The molecule has 0 saturated heterocycles. The number of aryl methyl sites for hydroxylation is 1. The van der Waals surface area contributed by atoms with E-state index in [-0.39, 0.29) is 10.7 Å². The molecule has 0 aliphatic heterocycles. The lowest BCUT2D eigenvalue weighted by molar-refractivity contribution is 0.600. The zero-order valence-corrected chi connectivity index (χ0v) is 12.9. The van der Waals surface area contributed by atoms with Gasteiger partial charge >= 0.3 is 0 Å². The molecule has 108 valence electrons. The molecule has 0 atom stereocenters. The van der Waals surface area contributed by atoms with Crippen molar-refractivity contribution in [3.8, 4) is 0 Å². The van der Waals surface area contributed by atoms with Gasteiger partial charge in [0, 0.05) is 12.1 Å². The highest BCUT2D eigenvalue weighted by Gasteiger charge is 2.25. The van der Waals surface area contributed by atoms with Crippen molar-refractivity contribution in [2.24, 2.45) is 7.05 Å². The summed E-state index contributed by atoms with van der Waals surface area (Å²) in [5.74, 6) is -0.0304. The standard InChI is InChI=1S/C12H15ClN4O2S/c1-7-9(13)5-4-6-10(7)16-20(18,19)11-8(2)17(3)15-12(11)14/h4-6,16H,1-3H3,(H2,14,15). The van der Waals surface area contributed by atoms with E-state index in [9.17, 15) is 8.42 Å². The Labute approximate surface area is 122 Å². The molecule has 0 saturated carbocycles. The number of nitrogen functional groups attached to an aromatic ring is 1. The van der Waals surface area contributed by atoms with Gasteiger partial charge in [0.1, 0.15) is 0 Å². The maximum Gasteiger partial charge on any atom is 0.267 e. The Morgan fingerprint density at radius 3 is 2.55 bits per heavy atom. The van der Waals surface area contributed by atoms with Crippen LogP contribution in [0.1, 0.15) is 11.3 Å². The van der Waals surface area contributed by atoms with Gasteiger partial charge in [-0.25, -0.2) is 8.42 Å². The molecule has 0 aliphatic rings. The Morgan fingerprint density at radius 2 is 2.00 bits per heavy atom. The van der Waals surface area contributed by atoms with E-state index in [1.165, 1.54) is 4.68 Å². The highest BCUT2D eigenvalue weighted by atomic mass is 35.5. The van der Waals surface area contributed by atoms with E-state index in [0.29, 0.717) is 22.0 Å². The van der Waals surface area contributed by atoms with E-state index in [4.69, 9.17) is 17.3 Å². The second-order valence-electron chi connectivity index (χ2n) is 4.44. The summed E-state index contributed by atoms with van der Waals surface area (Å²) in [6, 6.07) is 5.01. The summed E-state index contributed by atoms with van der Waals surface area (Å²) in [6.45, 7) is 3.38. The van der Waals surface area contributed by atoms with Crippen molar-refractivity contribution >= 4 is 33.1 Å². The van der Waals surface area contributed by atoms with Gasteiger partial charge in [-0.1, -0.05) is 17.7 Å². The molecule has 2 rings (SSSR count). The molecule has 0 fully saturated rings. The molecule has 1 aromatic carbocycles. The molecule has 6 nitrogen and oxygen atoms in total. The minimum Gasteiger partial charge on any atom is -0.381 e. The largest absolute Gasteiger partial charge is 0.381 e. The smallest absolute Gasteiger partial charge is 0.267 e. The first kappa shape index (κ1) is 14.7. The van der Waals surface area contributed by atoms with Crippen LogP contribution in [0.25, 0.3) is 0 Å². The van der Waals surface area contributed by atoms with Gasteiger partial charge in [-0.15, -0.1) is 0 Å². The van der Waals surface area contributed by atoms with E-state index in [1.807, 2.05) is 0 Å². The fourth-order valence-corrected chi connectivity index (χ4v) is 3.48. The molecule has 0 radical (unpaired) electrons. The van der Waals surface area contributed by atoms with Gasteiger partial charge in [0.15, 0.2) is 10.7 Å². The summed E-state index contributed by atoms with van der Waals surface area (Å²) in [5.41, 5.74) is 7.21. The van der Waals surface area contributed by atoms with Crippen molar-refractivity contribution in [1.29, 1.82) is 0 Å². The highest BCUT2D eigenvalue weighted by Crippen LogP contribution is 2.28. The maximum absolute atomic E-state index is 12.4. The van der Waals surface area contributed by atoms with Gasteiger partial charge in [0.05, 0.1) is 11.4 Å². The van der Waals surface area contributed by atoms with Crippen molar-refractivity contribution in [2.75, 3.05) is 10.5 Å². The first-order chi connectivity index (χ1) is 9.24. The average molecular weight is 315 g/mol. The van der Waals surface area contributed by atoms with E-state index in [1.54, 1.807) is 39.1 Å². The van der Waals surface area contributed by atoms with Crippen LogP contribution in [-0.2, 0) is 17.1 Å². The fourth-order valence-electron chi connectivity index (χ4n) is 1.86. The minimum atomic E-state index is -3.81. The van der Waals surface area contributed by atoms with Crippen LogP contribution in [0.3, 0.4) is 0 Å². The second-order valence-corrected chi connectivity index (χ2v) is 6.47. The lowest BCUT2D eigenvalue weighted by Gasteiger charge is -2.11. The monoisotopic (exact) mass is 314 g/mol. The van der Waals surface area contributed by atoms with E-state index in [0.717, 1.165) is 0 Å². The topological polar surface area (TPSA) is 90.0 Å². The third-order valence-electron chi connectivity index (χ3n) is 3.09. The maximum atomic E-state index is 12.4. The number of nitrogens with zero attached hydrogens (tertiary/aromatic N) is 2. The van der Waals surface area contributed by atoms with Crippen LogP contribution in [0.15, 0.2) is 23.1 Å². The summed E-state index contributed by atoms with van der Waals surface area (Å²) < 4.78 is 28.8. The van der Waals surface area contributed by atoms with Crippen LogP contribution < -0.4 is 10.5 Å². The molecule has 20 heavy (non-hydrogen) atoms. The first-order valence-electron chi connectivity index (χ1n) is 5.81. The molecule has 8 heteroatoms. The molecule has 2 aromatic rings. The predicted molar refractivity (Wildman–Crippen MR) is 79.4 cm³/mol. The third-order valence-corrected chi connectivity index (χ3v) is 5.03. The molecule has 0 spiro atoms. The van der Waals surface area contributed by atoms with Crippen LogP contribution in [0, 0.1) is 13.8 Å². The summed E-state index contributed by atoms with van der Waals surface area (Å²) >= 11 is 5.98. The fraction of sp³-hybridized carbons (Fsp3) is 0.250. The van der Waals surface area contributed by atoms with Crippen LogP contribution >= 0.6 is 11.6 Å². The third kappa shape index (κ3) is 2.46. The SMILES string of the molecule is Cc1c(Cl)cccc1NS(=O)(=O)c1c(N)nn(C)c1C. The molecule has 1 heterocycles. The summed E-state index contributed by atoms with van der Waals surface area (Å²) in [7, 11) is -2.18. The van der Waals surface area contributed by atoms with Crippen LogP contribution in [-0.4, -0.2) is 18.2 Å². The number of hydrogen-bond acceptors (Lipinski definition) is 4. The molecule has 3 N–H and O–H groups in total. The zero-order chi connectivity index (χ0) is 15.1. The molecule has 0 unspecified atom stereocenters. The van der Waals surface area contributed by atoms with E-state index < -0.39 is 10.0 Å². The Bertz CT molecular complexity index is 768. The molecular weight excluding hydrogens is 300 g/mol. The molecule has 1 aromatic heterocycles. The van der Waals surface area contributed by atoms with E-state index >= 15 is 0 Å². The Hall–Kier alpha value is -1.73. The number of nitrogens with one attached hydrogen (secondary N) is 1. The predicted octanol–water partition coefficient (Wildman–Crippen LogP) is 2.07. The number of benzene rings is 1. The van der Waals surface area contributed by atoms with Crippen LogP contribution in [0.5, 0.6) is 0 Å². The second kappa shape index (κ2) is 4.99. The number of sulfonamides is 1. The lowest BCUT2D eigenvalue weighted by atomic mass is 10.2. The number of rotatable bonds is 3. The number of aromatic nitrogens is 2. The highest BCUT2D eigenvalue weighted by molar-refractivity contribution is 7.93. The summed E-state index contributed by atoms with van der Waals surface area (Å²) in [5, 5.41) is 4.39. The zero-order valence-electron chi connectivity index (χ0n) is 11.3. The van der Waals surface area contributed by atoms with Gasteiger partial charge in [-0.3, -0.25) is 9.40 Å². The normalized spacial score (nSPS) is 11.6. The van der Waals surface area contributed by atoms with Crippen LogP contribution in [0.4, 0.5) is 11.5 Å².